The van der Waals surface area contributed by atoms with Crippen molar-refractivity contribution >= 4 is 21.7 Å². The predicted molar refractivity (Wildman–Crippen MR) is 81.6 cm³/mol. The standard InChI is InChI=1S/C15H15NO5S/c1-20-13-5-3-4-6-14(13)22(18,19)16-12-9-7-11(8-10-12)15(17)21-2/h3-10,16H,1-2H3. The fraction of sp³-hybridized carbons (Fsp3) is 0.133. The summed E-state index contributed by atoms with van der Waals surface area (Å²) in [7, 11) is -1.11. The van der Waals surface area contributed by atoms with Crippen LogP contribution in [0.1, 0.15) is 10.4 Å². The number of anilines is 1. The van der Waals surface area contributed by atoms with E-state index in [2.05, 4.69) is 9.46 Å². The van der Waals surface area contributed by atoms with Gasteiger partial charge in [-0.05, 0) is 36.4 Å². The van der Waals surface area contributed by atoms with Gasteiger partial charge in [0.2, 0.25) is 0 Å². The van der Waals surface area contributed by atoms with Gasteiger partial charge in [-0.2, -0.15) is 0 Å². The fourth-order valence-corrected chi connectivity index (χ4v) is 3.07. The van der Waals surface area contributed by atoms with Gasteiger partial charge in [-0.15, -0.1) is 0 Å². The summed E-state index contributed by atoms with van der Waals surface area (Å²) in [5.74, 6) is -0.236. The molecule has 6 nitrogen and oxygen atoms in total. The molecule has 0 aliphatic rings. The summed E-state index contributed by atoms with van der Waals surface area (Å²) < 4.78 is 36.8. The molecule has 116 valence electrons. The van der Waals surface area contributed by atoms with E-state index in [9.17, 15) is 13.2 Å². The zero-order valence-electron chi connectivity index (χ0n) is 12.1. The number of ether oxygens (including phenoxy) is 2. The third-order valence-corrected chi connectivity index (χ3v) is 4.34. The van der Waals surface area contributed by atoms with Crippen LogP contribution in [0.3, 0.4) is 0 Å². The summed E-state index contributed by atoms with van der Waals surface area (Å²) in [6, 6.07) is 12.2. The average Bonchev–Trinajstić information content (AvgIpc) is 2.54. The van der Waals surface area contributed by atoms with E-state index in [1.807, 2.05) is 0 Å². The van der Waals surface area contributed by atoms with E-state index in [1.165, 1.54) is 44.6 Å². The topological polar surface area (TPSA) is 81.7 Å². The summed E-state index contributed by atoms with van der Waals surface area (Å²) in [5, 5.41) is 0. The molecule has 0 atom stereocenters. The fourth-order valence-electron chi connectivity index (χ4n) is 1.84. The number of hydrogen-bond donors (Lipinski definition) is 1. The first kappa shape index (κ1) is 15.8. The molecule has 0 fully saturated rings. The molecule has 2 aromatic carbocycles. The molecule has 0 bridgehead atoms. The molecule has 0 spiro atoms. The van der Waals surface area contributed by atoms with Crippen molar-refractivity contribution in [1.82, 2.24) is 0 Å². The molecule has 0 heterocycles. The summed E-state index contributed by atoms with van der Waals surface area (Å²) >= 11 is 0. The number of nitrogens with one attached hydrogen (secondary N) is 1. The van der Waals surface area contributed by atoms with E-state index < -0.39 is 16.0 Å². The van der Waals surface area contributed by atoms with Crippen LogP contribution in [0.25, 0.3) is 0 Å². The van der Waals surface area contributed by atoms with Gasteiger partial charge in [0.05, 0.1) is 19.8 Å². The summed E-state index contributed by atoms with van der Waals surface area (Å²) in [4.78, 5) is 11.4. The van der Waals surface area contributed by atoms with Crippen molar-refractivity contribution in [2.45, 2.75) is 4.90 Å². The second kappa shape index (κ2) is 6.48. The molecule has 0 unspecified atom stereocenters. The van der Waals surface area contributed by atoms with E-state index in [0.29, 0.717) is 11.3 Å². The van der Waals surface area contributed by atoms with Crippen LogP contribution in [-0.2, 0) is 14.8 Å². The minimum absolute atomic E-state index is 0.0366. The van der Waals surface area contributed by atoms with Gasteiger partial charge in [0, 0.05) is 5.69 Å². The molecule has 2 aromatic rings. The number of benzene rings is 2. The number of esters is 1. The van der Waals surface area contributed by atoms with Crippen LogP contribution in [0, 0.1) is 0 Å². The molecule has 0 radical (unpaired) electrons. The van der Waals surface area contributed by atoms with Gasteiger partial charge in [0.25, 0.3) is 10.0 Å². The third kappa shape index (κ3) is 3.37. The Hall–Kier alpha value is -2.54. The molecule has 0 saturated heterocycles. The Morgan fingerprint density at radius 1 is 1.00 bits per heavy atom. The molecule has 0 aliphatic heterocycles. The molecule has 1 N–H and O–H groups in total. The summed E-state index contributed by atoms with van der Waals surface area (Å²) in [6.45, 7) is 0. The molecular formula is C15H15NO5S. The van der Waals surface area contributed by atoms with Crippen molar-refractivity contribution in [1.29, 1.82) is 0 Å². The maximum absolute atomic E-state index is 12.4. The molecule has 2 rings (SSSR count). The first-order chi connectivity index (χ1) is 10.5. The normalized spacial score (nSPS) is 10.8. The summed E-state index contributed by atoms with van der Waals surface area (Å²) in [5.41, 5.74) is 0.668. The highest BCUT2D eigenvalue weighted by Gasteiger charge is 2.19. The van der Waals surface area contributed by atoms with Crippen LogP contribution in [0.4, 0.5) is 5.69 Å². The van der Waals surface area contributed by atoms with Gasteiger partial charge in [-0.1, -0.05) is 12.1 Å². The van der Waals surface area contributed by atoms with Gasteiger partial charge >= 0.3 is 5.97 Å². The summed E-state index contributed by atoms with van der Waals surface area (Å²) in [6.07, 6.45) is 0. The minimum atomic E-state index is -3.79. The number of carbonyl (C=O) groups is 1. The third-order valence-electron chi connectivity index (χ3n) is 2.92. The first-order valence-electron chi connectivity index (χ1n) is 6.32. The second-order valence-electron chi connectivity index (χ2n) is 4.33. The van der Waals surface area contributed by atoms with Crippen LogP contribution in [0.15, 0.2) is 53.4 Å². The quantitative estimate of drug-likeness (QED) is 0.854. The van der Waals surface area contributed by atoms with Crippen molar-refractivity contribution in [3.8, 4) is 5.75 Å². The smallest absolute Gasteiger partial charge is 0.337 e. The van der Waals surface area contributed by atoms with E-state index >= 15 is 0 Å². The van der Waals surface area contributed by atoms with Crippen LogP contribution < -0.4 is 9.46 Å². The number of sulfonamides is 1. The average molecular weight is 321 g/mol. The Bertz CT molecular complexity index is 769. The SMILES string of the molecule is COC(=O)c1ccc(NS(=O)(=O)c2ccccc2OC)cc1. The Morgan fingerprint density at radius 2 is 1.64 bits per heavy atom. The highest BCUT2D eigenvalue weighted by molar-refractivity contribution is 7.92. The zero-order valence-corrected chi connectivity index (χ0v) is 12.9. The predicted octanol–water partition coefficient (Wildman–Crippen LogP) is 2.28. The molecule has 7 heteroatoms. The monoisotopic (exact) mass is 321 g/mol. The number of carbonyl (C=O) groups excluding carboxylic acids is 1. The lowest BCUT2D eigenvalue weighted by Gasteiger charge is -2.11. The van der Waals surface area contributed by atoms with Gasteiger partial charge in [-0.25, -0.2) is 13.2 Å². The second-order valence-corrected chi connectivity index (χ2v) is 5.98. The highest BCUT2D eigenvalue weighted by Crippen LogP contribution is 2.25. The van der Waals surface area contributed by atoms with E-state index in [1.54, 1.807) is 18.2 Å². The molecule has 0 aliphatic carbocycles. The molecule has 0 saturated carbocycles. The lowest BCUT2D eigenvalue weighted by Crippen LogP contribution is -2.14. The number of rotatable bonds is 5. The molecule has 22 heavy (non-hydrogen) atoms. The van der Waals surface area contributed by atoms with Crippen molar-refractivity contribution in [3.05, 3.63) is 54.1 Å². The molecule has 0 amide bonds. The Morgan fingerprint density at radius 3 is 2.23 bits per heavy atom. The lowest BCUT2D eigenvalue weighted by atomic mass is 10.2. The Labute approximate surface area is 128 Å². The zero-order chi connectivity index (χ0) is 16.2. The van der Waals surface area contributed by atoms with Crippen molar-refractivity contribution in [2.24, 2.45) is 0 Å². The van der Waals surface area contributed by atoms with Gasteiger partial charge in [0.15, 0.2) is 0 Å². The van der Waals surface area contributed by atoms with Crippen molar-refractivity contribution in [2.75, 3.05) is 18.9 Å². The van der Waals surface area contributed by atoms with Crippen LogP contribution in [0.2, 0.25) is 0 Å². The van der Waals surface area contributed by atoms with Gasteiger partial charge in [0.1, 0.15) is 10.6 Å². The Kier molecular flexibility index (Phi) is 4.67. The first-order valence-corrected chi connectivity index (χ1v) is 7.80. The van der Waals surface area contributed by atoms with Crippen LogP contribution >= 0.6 is 0 Å². The van der Waals surface area contributed by atoms with Crippen LogP contribution in [0.5, 0.6) is 5.75 Å². The number of hydrogen-bond acceptors (Lipinski definition) is 5. The number of methoxy groups -OCH3 is 2. The van der Waals surface area contributed by atoms with Crippen molar-refractivity contribution in [3.63, 3.8) is 0 Å². The molecular weight excluding hydrogens is 306 g/mol. The van der Waals surface area contributed by atoms with Gasteiger partial charge in [-0.3, -0.25) is 4.72 Å². The van der Waals surface area contributed by atoms with Crippen molar-refractivity contribution < 1.29 is 22.7 Å². The molecule has 0 aromatic heterocycles. The lowest BCUT2D eigenvalue weighted by molar-refractivity contribution is 0.0601. The highest BCUT2D eigenvalue weighted by atomic mass is 32.2. The maximum atomic E-state index is 12.4. The number of para-hydroxylation sites is 1. The minimum Gasteiger partial charge on any atom is -0.495 e. The van der Waals surface area contributed by atoms with Gasteiger partial charge < -0.3 is 9.47 Å². The van der Waals surface area contributed by atoms with E-state index in [4.69, 9.17) is 4.74 Å². The maximum Gasteiger partial charge on any atom is 0.337 e. The largest absolute Gasteiger partial charge is 0.495 e. The Balaban J connectivity index is 2.27. The van der Waals surface area contributed by atoms with E-state index in [-0.39, 0.29) is 10.6 Å². The van der Waals surface area contributed by atoms with Crippen LogP contribution in [-0.4, -0.2) is 28.6 Å². The van der Waals surface area contributed by atoms with E-state index in [0.717, 1.165) is 0 Å².